The molecular formula is C17H19BrN4OS. The fraction of sp³-hybridized carbons (Fsp3) is 0.412. The average Bonchev–Trinajstić information content (AvgIpc) is 3.03. The number of carbonyl (C=O) groups excluding carboxylic acids is 1. The van der Waals surface area contributed by atoms with E-state index < -0.39 is 0 Å². The number of amidine groups is 1. The van der Waals surface area contributed by atoms with Gasteiger partial charge in [-0.1, -0.05) is 33.8 Å². The van der Waals surface area contributed by atoms with Crippen molar-refractivity contribution in [1.29, 1.82) is 0 Å². The molecule has 1 aromatic rings. The van der Waals surface area contributed by atoms with Crippen LogP contribution in [0.3, 0.4) is 0 Å². The number of thioether (sulfide) groups is 1. The van der Waals surface area contributed by atoms with Crippen molar-refractivity contribution in [2.45, 2.75) is 37.4 Å². The fourth-order valence-electron chi connectivity index (χ4n) is 3.78. The van der Waals surface area contributed by atoms with Gasteiger partial charge in [-0.05, 0) is 43.9 Å². The molecule has 1 spiro atoms. The van der Waals surface area contributed by atoms with E-state index in [4.69, 9.17) is 5.10 Å². The second-order valence-corrected chi connectivity index (χ2v) is 8.26. The highest BCUT2D eigenvalue weighted by molar-refractivity contribution is 9.10. The Morgan fingerprint density at radius 1 is 1.46 bits per heavy atom. The van der Waals surface area contributed by atoms with Gasteiger partial charge in [0.15, 0.2) is 11.2 Å². The second kappa shape index (κ2) is 6.11. The molecule has 1 aromatic carbocycles. The topological polar surface area (TPSA) is 56.7 Å². The van der Waals surface area contributed by atoms with Gasteiger partial charge in [-0.25, -0.2) is 0 Å². The Morgan fingerprint density at radius 3 is 3.00 bits per heavy atom. The first kappa shape index (κ1) is 16.0. The minimum atomic E-state index is -0.384. The van der Waals surface area contributed by atoms with Gasteiger partial charge in [-0.15, -0.1) is 11.7 Å². The van der Waals surface area contributed by atoms with Crippen LogP contribution < -0.4 is 10.6 Å². The normalized spacial score (nSPS) is 23.9. The summed E-state index contributed by atoms with van der Waals surface area (Å²) < 4.78 is 0.967. The lowest BCUT2D eigenvalue weighted by Crippen LogP contribution is -2.60. The van der Waals surface area contributed by atoms with E-state index in [9.17, 15) is 4.79 Å². The number of rotatable bonds is 2. The number of halogens is 1. The van der Waals surface area contributed by atoms with E-state index in [2.05, 4.69) is 39.2 Å². The quantitative estimate of drug-likeness (QED) is 0.733. The maximum atomic E-state index is 12.9. The number of amides is 1. The summed E-state index contributed by atoms with van der Waals surface area (Å²) in [6.07, 6.45) is 6.10. The fourth-order valence-corrected chi connectivity index (χ4v) is 4.75. The molecule has 1 unspecified atom stereocenters. The molecule has 1 fully saturated rings. The molecule has 4 rings (SSSR count). The monoisotopic (exact) mass is 406 g/mol. The van der Waals surface area contributed by atoms with Crippen LogP contribution >= 0.6 is 27.7 Å². The summed E-state index contributed by atoms with van der Waals surface area (Å²) >= 11 is 5.02. The SMILES string of the molecule is C=CCSC1=NN2C(C(=O)N1)c1cc(Br)ccc1NC21CCCC1. The Morgan fingerprint density at radius 2 is 2.25 bits per heavy atom. The lowest BCUT2D eigenvalue weighted by Gasteiger charge is -2.50. The Labute approximate surface area is 154 Å². The van der Waals surface area contributed by atoms with Crippen molar-refractivity contribution < 1.29 is 4.79 Å². The molecule has 24 heavy (non-hydrogen) atoms. The molecule has 2 heterocycles. The number of nitrogens with one attached hydrogen (secondary N) is 2. The first-order chi connectivity index (χ1) is 11.6. The predicted octanol–water partition coefficient (Wildman–Crippen LogP) is 3.81. The molecule has 3 aliphatic rings. The van der Waals surface area contributed by atoms with Gasteiger partial charge >= 0.3 is 0 Å². The van der Waals surface area contributed by atoms with Crippen LogP contribution in [0.4, 0.5) is 5.69 Å². The third-order valence-electron chi connectivity index (χ3n) is 4.80. The number of hydrogen-bond acceptors (Lipinski definition) is 5. The summed E-state index contributed by atoms with van der Waals surface area (Å²) in [5.41, 5.74) is 1.74. The zero-order valence-corrected chi connectivity index (χ0v) is 15.6. The molecule has 0 saturated heterocycles. The smallest absolute Gasteiger partial charge is 0.255 e. The maximum Gasteiger partial charge on any atom is 0.255 e. The molecule has 5 nitrogen and oxygen atoms in total. The minimum Gasteiger partial charge on any atom is -0.361 e. The lowest BCUT2D eigenvalue weighted by atomic mass is 9.93. The van der Waals surface area contributed by atoms with Crippen LogP contribution in [0.2, 0.25) is 0 Å². The number of benzene rings is 1. The zero-order valence-electron chi connectivity index (χ0n) is 13.2. The average molecular weight is 407 g/mol. The van der Waals surface area contributed by atoms with E-state index >= 15 is 0 Å². The Hall–Kier alpha value is -1.47. The molecule has 1 atom stereocenters. The van der Waals surface area contributed by atoms with Crippen molar-refractivity contribution in [3.63, 3.8) is 0 Å². The number of fused-ring (bicyclic) bond motifs is 4. The summed E-state index contributed by atoms with van der Waals surface area (Å²) in [7, 11) is 0. The highest BCUT2D eigenvalue weighted by atomic mass is 79.9. The van der Waals surface area contributed by atoms with Gasteiger partial charge in [-0.2, -0.15) is 0 Å². The highest BCUT2D eigenvalue weighted by Gasteiger charge is 2.51. The summed E-state index contributed by atoms with van der Waals surface area (Å²) in [5.74, 6) is 0.712. The van der Waals surface area contributed by atoms with Crippen molar-refractivity contribution >= 4 is 44.5 Å². The largest absolute Gasteiger partial charge is 0.361 e. The van der Waals surface area contributed by atoms with Crippen LogP contribution in [0.25, 0.3) is 0 Å². The van der Waals surface area contributed by atoms with Crippen molar-refractivity contribution in [1.82, 2.24) is 10.3 Å². The van der Waals surface area contributed by atoms with Gasteiger partial charge in [-0.3, -0.25) is 9.80 Å². The van der Waals surface area contributed by atoms with Gasteiger partial charge in [0.2, 0.25) is 0 Å². The van der Waals surface area contributed by atoms with Gasteiger partial charge in [0.05, 0.1) is 0 Å². The molecule has 0 bridgehead atoms. The summed E-state index contributed by atoms with van der Waals surface area (Å²) in [6.45, 7) is 3.74. The molecule has 0 aromatic heterocycles. The number of carbonyl (C=O) groups is 1. The standard InChI is InChI=1S/C17H19BrN4OS/c1-2-9-24-16-19-15(23)14-12-10-11(18)5-6-13(12)20-17(22(14)21-16)7-3-4-8-17/h2,5-6,10,14,20H,1,3-4,7-9H2,(H,19,21,23). The second-order valence-electron chi connectivity index (χ2n) is 6.34. The number of nitrogens with zero attached hydrogens (tertiary/aromatic N) is 2. The number of anilines is 1. The highest BCUT2D eigenvalue weighted by Crippen LogP contribution is 2.48. The van der Waals surface area contributed by atoms with E-state index in [1.54, 1.807) is 0 Å². The molecule has 2 aliphatic heterocycles. The third-order valence-corrected chi connectivity index (χ3v) is 6.16. The van der Waals surface area contributed by atoms with Crippen LogP contribution in [0.15, 0.2) is 40.4 Å². The van der Waals surface area contributed by atoms with Crippen LogP contribution in [-0.4, -0.2) is 27.5 Å². The molecule has 7 heteroatoms. The van der Waals surface area contributed by atoms with E-state index in [-0.39, 0.29) is 17.6 Å². The molecular weight excluding hydrogens is 388 g/mol. The van der Waals surface area contributed by atoms with Crippen LogP contribution in [0, 0.1) is 0 Å². The summed E-state index contributed by atoms with van der Waals surface area (Å²) in [5, 5.41) is 14.1. The zero-order chi connectivity index (χ0) is 16.7. The van der Waals surface area contributed by atoms with Crippen molar-refractivity contribution in [2.75, 3.05) is 11.1 Å². The van der Waals surface area contributed by atoms with Crippen molar-refractivity contribution in [3.8, 4) is 0 Å². The first-order valence-electron chi connectivity index (χ1n) is 8.13. The Bertz CT molecular complexity index is 729. The summed E-state index contributed by atoms with van der Waals surface area (Å²) in [6, 6.07) is 5.69. The molecule has 1 saturated carbocycles. The number of hydrazone groups is 1. The van der Waals surface area contributed by atoms with E-state index in [1.165, 1.54) is 11.8 Å². The van der Waals surface area contributed by atoms with Gasteiger partial charge in [0.25, 0.3) is 5.91 Å². The Kier molecular flexibility index (Phi) is 4.08. The lowest BCUT2D eigenvalue weighted by molar-refractivity contribution is -0.129. The minimum absolute atomic E-state index is 0.0105. The molecule has 0 radical (unpaired) electrons. The first-order valence-corrected chi connectivity index (χ1v) is 9.91. The van der Waals surface area contributed by atoms with E-state index in [0.717, 1.165) is 47.2 Å². The molecule has 126 valence electrons. The van der Waals surface area contributed by atoms with Crippen LogP contribution in [0.1, 0.15) is 37.3 Å². The van der Waals surface area contributed by atoms with Crippen molar-refractivity contribution in [3.05, 3.63) is 40.9 Å². The van der Waals surface area contributed by atoms with Gasteiger partial charge in [0, 0.05) is 21.5 Å². The van der Waals surface area contributed by atoms with Crippen LogP contribution in [0.5, 0.6) is 0 Å². The Balaban J connectivity index is 1.81. The van der Waals surface area contributed by atoms with Gasteiger partial charge < -0.3 is 10.6 Å². The maximum absolute atomic E-state index is 12.9. The predicted molar refractivity (Wildman–Crippen MR) is 102 cm³/mol. The number of hydrogen-bond donors (Lipinski definition) is 2. The van der Waals surface area contributed by atoms with Crippen molar-refractivity contribution in [2.24, 2.45) is 5.10 Å². The molecule has 1 aliphatic carbocycles. The van der Waals surface area contributed by atoms with E-state index in [1.807, 2.05) is 23.2 Å². The van der Waals surface area contributed by atoms with Crippen LogP contribution in [-0.2, 0) is 4.79 Å². The molecule has 1 amide bonds. The molecule has 2 N–H and O–H groups in total. The third kappa shape index (κ3) is 2.54. The summed E-state index contributed by atoms with van der Waals surface area (Å²) in [4.78, 5) is 12.9. The van der Waals surface area contributed by atoms with E-state index in [0.29, 0.717) is 5.17 Å². The van der Waals surface area contributed by atoms with Gasteiger partial charge in [0.1, 0.15) is 5.66 Å².